The van der Waals surface area contributed by atoms with E-state index in [1.807, 2.05) is 51.1 Å². The average Bonchev–Trinajstić information content (AvgIpc) is 2.86. The van der Waals surface area contributed by atoms with E-state index in [1.165, 1.54) is 4.68 Å². The number of carbonyl (C=O) groups is 1. The predicted molar refractivity (Wildman–Crippen MR) is 75.0 cm³/mol. The fourth-order valence-corrected chi connectivity index (χ4v) is 1.63. The van der Waals surface area contributed by atoms with E-state index in [0.717, 1.165) is 5.56 Å². The van der Waals surface area contributed by atoms with E-state index >= 15 is 0 Å². The Kier molecular flexibility index (Phi) is 4.17. The van der Waals surface area contributed by atoms with Gasteiger partial charge in [0.1, 0.15) is 19.5 Å². The highest BCUT2D eigenvalue weighted by atomic mass is 16.5. The van der Waals surface area contributed by atoms with Gasteiger partial charge in [0.15, 0.2) is 5.82 Å². The van der Waals surface area contributed by atoms with Crippen molar-refractivity contribution in [3.8, 4) is 0 Å². The number of aromatic nitrogens is 3. The third-order valence-corrected chi connectivity index (χ3v) is 2.74. The minimum absolute atomic E-state index is 0.0793. The summed E-state index contributed by atoms with van der Waals surface area (Å²) in [7, 11) is 0. The molecule has 0 radical (unpaired) electrons. The Morgan fingerprint density at radius 2 is 1.95 bits per heavy atom. The molecule has 5 nitrogen and oxygen atoms in total. The summed E-state index contributed by atoms with van der Waals surface area (Å²) >= 11 is 0. The highest BCUT2D eigenvalue weighted by Gasteiger charge is 2.19. The normalized spacial score (nSPS) is 11.3. The van der Waals surface area contributed by atoms with Gasteiger partial charge in [0.2, 0.25) is 0 Å². The van der Waals surface area contributed by atoms with Crippen LogP contribution in [0.1, 0.15) is 32.2 Å². The number of esters is 1. The second-order valence-electron chi connectivity index (χ2n) is 5.66. The maximum Gasteiger partial charge on any atom is 0.328 e. The minimum atomic E-state index is -0.320. The first-order chi connectivity index (χ1) is 9.45. The molecule has 1 aromatic heterocycles. The summed E-state index contributed by atoms with van der Waals surface area (Å²) < 4.78 is 6.71. The summed E-state index contributed by atoms with van der Waals surface area (Å²) in [6, 6.07) is 9.59. The van der Waals surface area contributed by atoms with Crippen molar-refractivity contribution in [1.82, 2.24) is 14.8 Å². The molecule has 0 spiro atoms. The van der Waals surface area contributed by atoms with Crippen LogP contribution < -0.4 is 0 Å². The van der Waals surface area contributed by atoms with E-state index in [-0.39, 0.29) is 24.5 Å². The van der Waals surface area contributed by atoms with Gasteiger partial charge in [-0.15, -0.1) is 0 Å². The van der Waals surface area contributed by atoms with Crippen LogP contribution in [0.25, 0.3) is 0 Å². The monoisotopic (exact) mass is 273 g/mol. The number of rotatable bonds is 4. The van der Waals surface area contributed by atoms with Crippen LogP contribution >= 0.6 is 0 Å². The van der Waals surface area contributed by atoms with Crippen LogP contribution in [0, 0.1) is 0 Å². The zero-order valence-electron chi connectivity index (χ0n) is 12.0. The molecular weight excluding hydrogens is 254 g/mol. The lowest BCUT2D eigenvalue weighted by molar-refractivity contribution is -0.145. The van der Waals surface area contributed by atoms with Gasteiger partial charge in [-0.2, -0.15) is 5.10 Å². The first kappa shape index (κ1) is 14.2. The lowest BCUT2D eigenvalue weighted by atomic mass is 9.96. The highest BCUT2D eigenvalue weighted by Crippen LogP contribution is 2.16. The van der Waals surface area contributed by atoms with Gasteiger partial charge < -0.3 is 4.74 Å². The third kappa shape index (κ3) is 3.91. The molecule has 0 saturated heterocycles. The van der Waals surface area contributed by atoms with Crippen molar-refractivity contribution in [2.75, 3.05) is 0 Å². The van der Waals surface area contributed by atoms with E-state index in [4.69, 9.17) is 4.74 Å². The Morgan fingerprint density at radius 1 is 1.25 bits per heavy atom. The predicted octanol–water partition coefficient (Wildman–Crippen LogP) is 2.32. The van der Waals surface area contributed by atoms with Crippen molar-refractivity contribution in [1.29, 1.82) is 0 Å². The summed E-state index contributed by atoms with van der Waals surface area (Å²) in [4.78, 5) is 15.9. The van der Waals surface area contributed by atoms with Crippen molar-refractivity contribution >= 4 is 5.97 Å². The summed E-state index contributed by atoms with van der Waals surface area (Å²) in [5.41, 5.74) is 0.842. The molecule has 0 bridgehead atoms. The molecule has 0 atom stereocenters. The molecule has 20 heavy (non-hydrogen) atoms. The van der Waals surface area contributed by atoms with Crippen LogP contribution in [-0.2, 0) is 28.1 Å². The molecule has 106 valence electrons. The third-order valence-electron chi connectivity index (χ3n) is 2.74. The molecule has 0 aliphatic heterocycles. The molecule has 2 rings (SSSR count). The highest BCUT2D eigenvalue weighted by molar-refractivity contribution is 5.69. The second-order valence-corrected chi connectivity index (χ2v) is 5.66. The standard InChI is InChI=1S/C15H19N3O2/c1-15(2,3)14-16-11-18(17-14)9-13(19)20-10-12-7-5-4-6-8-12/h4-8,11H,9-10H2,1-3H3. The molecule has 0 amide bonds. The van der Waals surface area contributed by atoms with E-state index in [2.05, 4.69) is 10.1 Å². The van der Waals surface area contributed by atoms with Crippen molar-refractivity contribution in [2.24, 2.45) is 0 Å². The van der Waals surface area contributed by atoms with Gasteiger partial charge >= 0.3 is 5.97 Å². The fraction of sp³-hybridized carbons (Fsp3) is 0.400. The molecule has 0 aliphatic carbocycles. The summed E-state index contributed by atoms with van der Waals surface area (Å²) in [6.07, 6.45) is 1.56. The molecule has 0 aliphatic rings. The number of carbonyl (C=O) groups excluding carboxylic acids is 1. The molecule has 2 aromatic rings. The Balaban J connectivity index is 1.87. The smallest absolute Gasteiger partial charge is 0.328 e. The van der Waals surface area contributed by atoms with Gasteiger partial charge in [-0.05, 0) is 5.56 Å². The zero-order valence-corrected chi connectivity index (χ0v) is 12.0. The summed E-state index contributed by atoms with van der Waals surface area (Å²) in [5, 5.41) is 4.28. The Hall–Kier alpha value is -2.17. The first-order valence-electron chi connectivity index (χ1n) is 6.54. The van der Waals surface area contributed by atoms with Crippen LogP contribution in [0.4, 0.5) is 0 Å². The SMILES string of the molecule is CC(C)(C)c1ncn(CC(=O)OCc2ccccc2)n1. The fourth-order valence-electron chi connectivity index (χ4n) is 1.63. The van der Waals surface area contributed by atoms with E-state index in [0.29, 0.717) is 5.82 Å². The zero-order chi connectivity index (χ0) is 14.6. The molecule has 0 fully saturated rings. The van der Waals surface area contributed by atoms with Gasteiger partial charge in [0, 0.05) is 5.41 Å². The minimum Gasteiger partial charge on any atom is -0.459 e. The van der Waals surface area contributed by atoms with Gasteiger partial charge in [-0.3, -0.25) is 4.79 Å². The topological polar surface area (TPSA) is 57.0 Å². The summed E-state index contributed by atoms with van der Waals surface area (Å²) in [5.74, 6) is 0.396. The van der Waals surface area contributed by atoms with Crippen molar-refractivity contribution < 1.29 is 9.53 Å². The number of nitrogens with zero attached hydrogens (tertiary/aromatic N) is 3. The maximum absolute atomic E-state index is 11.7. The van der Waals surface area contributed by atoms with E-state index < -0.39 is 0 Å². The lowest BCUT2D eigenvalue weighted by Gasteiger charge is -2.12. The van der Waals surface area contributed by atoms with Crippen LogP contribution in [0.5, 0.6) is 0 Å². The average molecular weight is 273 g/mol. The van der Waals surface area contributed by atoms with Gasteiger partial charge in [-0.25, -0.2) is 9.67 Å². The number of hydrogen-bond donors (Lipinski definition) is 0. The van der Waals surface area contributed by atoms with Gasteiger partial charge in [0.25, 0.3) is 0 Å². The quantitative estimate of drug-likeness (QED) is 0.802. The molecule has 1 aromatic carbocycles. The van der Waals surface area contributed by atoms with Crippen LogP contribution in [-0.4, -0.2) is 20.7 Å². The maximum atomic E-state index is 11.7. The van der Waals surface area contributed by atoms with Gasteiger partial charge in [0.05, 0.1) is 0 Å². The number of hydrogen-bond acceptors (Lipinski definition) is 4. The lowest BCUT2D eigenvalue weighted by Crippen LogP contribution is -2.17. The molecule has 0 unspecified atom stereocenters. The van der Waals surface area contributed by atoms with E-state index in [1.54, 1.807) is 6.33 Å². The molecule has 0 N–H and O–H groups in total. The van der Waals surface area contributed by atoms with Crippen LogP contribution in [0.2, 0.25) is 0 Å². The Bertz CT molecular complexity index is 570. The Morgan fingerprint density at radius 3 is 2.55 bits per heavy atom. The van der Waals surface area contributed by atoms with Crippen LogP contribution in [0.3, 0.4) is 0 Å². The van der Waals surface area contributed by atoms with E-state index in [9.17, 15) is 4.79 Å². The van der Waals surface area contributed by atoms with Crippen molar-refractivity contribution in [2.45, 2.75) is 39.3 Å². The van der Waals surface area contributed by atoms with Crippen molar-refractivity contribution in [3.05, 3.63) is 48.0 Å². The van der Waals surface area contributed by atoms with Gasteiger partial charge in [-0.1, -0.05) is 51.1 Å². The Labute approximate surface area is 118 Å². The first-order valence-corrected chi connectivity index (χ1v) is 6.54. The summed E-state index contributed by atoms with van der Waals surface area (Å²) in [6.45, 7) is 6.44. The number of benzene rings is 1. The largest absolute Gasteiger partial charge is 0.459 e. The molecule has 1 heterocycles. The molecule has 0 saturated carbocycles. The molecule has 5 heteroatoms. The van der Waals surface area contributed by atoms with Crippen LogP contribution in [0.15, 0.2) is 36.7 Å². The van der Waals surface area contributed by atoms with Crippen molar-refractivity contribution in [3.63, 3.8) is 0 Å². The molecular formula is C15H19N3O2. The second kappa shape index (κ2) is 5.86. The number of ether oxygens (including phenoxy) is 1.